The molecule has 0 atom stereocenters. The van der Waals surface area contributed by atoms with Gasteiger partial charge in [-0.25, -0.2) is 0 Å². The molecule has 1 amide bonds. The number of amides is 1. The fraction of sp³-hybridized carbons (Fsp3) is 0.0667. The van der Waals surface area contributed by atoms with Gasteiger partial charge in [-0.1, -0.05) is 12.1 Å². The molecule has 3 aromatic carbocycles. The van der Waals surface area contributed by atoms with Crippen molar-refractivity contribution in [2.75, 3.05) is 10.6 Å². The van der Waals surface area contributed by atoms with Crippen LogP contribution < -0.4 is 10.6 Å². The van der Waals surface area contributed by atoms with Crippen molar-refractivity contribution in [3.05, 3.63) is 126 Å². The number of nitrogens with zero attached hydrogens (tertiary/aromatic N) is 2. The quantitative estimate of drug-likeness (QED) is 0.267. The lowest BCUT2D eigenvalue weighted by Crippen LogP contribution is -2.11. The average Bonchev–Trinajstić information content (AvgIpc) is 2.91. The van der Waals surface area contributed by atoms with Crippen LogP contribution in [0.3, 0.4) is 0 Å². The lowest BCUT2D eigenvalue weighted by atomic mass is 10.1. The normalized spacial score (nSPS) is 10.7. The van der Waals surface area contributed by atoms with Gasteiger partial charge in [-0.15, -0.1) is 0 Å². The Morgan fingerprint density at radius 3 is 2.11 bits per heavy atom. The molecule has 0 aliphatic carbocycles. The Morgan fingerprint density at radius 2 is 1.39 bits per heavy atom. The molecule has 0 fully saturated rings. The zero-order valence-electron chi connectivity index (χ0n) is 19.7. The molecular weight excluding hydrogens is 448 g/mol. The molecule has 6 nitrogen and oxygen atoms in total. The van der Waals surface area contributed by atoms with Gasteiger partial charge in [-0.2, -0.15) is 0 Å². The molecule has 0 aliphatic rings. The summed E-state index contributed by atoms with van der Waals surface area (Å²) >= 11 is 0. The Balaban J connectivity index is 1.25. The van der Waals surface area contributed by atoms with Gasteiger partial charge >= 0.3 is 0 Å². The molecule has 2 aromatic heterocycles. The predicted octanol–water partition coefficient (Wildman–Crippen LogP) is 6.42. The van der Waals surface area contributed by atoms with Gasteiger partial charge in [-0.3, -0.25) is 19.6 Å². The molecule has 0 unspecified atom stereocenters. The summed E-state index contributed by atoms with van der Waals surface area (Å²) in [5, 5.41) is 7.18. The monoisotopic (exact) mass is 472 g/mol. The number of carbonyl (C=O) groups is 2. The Bertz CT molecular complexity index is 1530. The van der Waals surface area contributed by atoms with E-state index in [1.54, 1.807) is 43.7 Å². The number of aromatic nitrogens is 2. The maximum atomic E-state index is 12.8. The summed E-state index contributed by atoms with van der Waals surface area (Å²) in [4.78, 5) is 33.0. The van der Waals surface area contributed by atoms with Crippen LogP contribution in [0.5, 0.6) is 0 Å². The lowest BCUT2D eigenvalue weighted by Gasteiger charge is -2.11. The third kappa shape index (κ3) is 5.28. The van der Waals surface area contributed by atoms with Crippen LogP contribution in [-0.4, -0.2) is 21.7 Å². The van der Waals surface area contributed by atoms with Crippen LogP contribution in [0.4, 0.5) is 17.1 Å². The molecule has 0 radical (unpaired) electrons. The fourth-order valence-electron chi connectivity index (χ4n) is 3.98. The van der Waals surface area contributed by atoms with Crippen molar-refractivity contribution in [1.82, 2.24) is 9.97 Å². The van der Waals surface area contributed by atoms with Crippen LogP contribution in [0.1, 0.15) is 38.8 Å². The first kappa shape index (κ1) is 22.9. The van der Waals surface area contributed by atoms with E-state index in [-0.39, 0.29) is 11.7 Å². The number of carbonyl (C=O) groups excluding carboxylic acids is 2. The predicted molar refractivity (Wildman–Crippen MR) is 143 cm³/mol. The number of pyridine rings is 2. The third-order valence-corrected chi connectivity index (χ3v) is 5.94. The van der Waals surface area contributed by atoms with Gasteiger partial charge in [-0.05, 0) is 97.3 Å². The number of rotatable bonds is 7. The zero-order chi connectivity index (χ0) is 24.9. The second kappa shape index (κ2) is 10.2. The molecule has 0 saturated carbocycles. The molecule has 5 rings (SSSR count). The first-order valence-corrected chi connectivity index (χ1v) is 11.6. The lowest BCUT2D eigenvalue weighted by molar-refractivity contribution is 0.101. The first-order valence-electron chi connectivity index (χ1n) is 11.6. The van der Waals surface area contributed by atoms with Crippen molar-refractivity contribution < 1.29 is 9.59 Å². The smallest absolute Gasteiger partial charge is 0.255 e. The Morgan fingerprint density at radius 1 is 0.722 bits per heavy atom. The largest absolute Gasteiger partial charge is 0.355 e. The molecule has 36 heavy (non-hydrogen) atoms. The minimum absolute atomic E-state index is 0.00505. The zero-order valence-corrected chi connectivity index (χ0v) is 19.7. The number of hydrogen-bond donors (Lipinski definition) is 2. The topological polar surface area (TPSA) is 84.0 Å². The van der Waals surface area contributed by atoms with Crippen LogP contribution in [0.15, 0.2) is 104 Å². The minimum atomic E-state index is -0.177. The second-order valence-corrected chi connectivity index (χ2v) is 8.53. The highest BCUT2D eigenvalue weighted by Crippen LogP contribution is 2.26. The van der Waals surface area contributed by atoms with Gasteiger partial charge < -0.3 is 10.6 Å². The van der Waals surface area contributed by atoms with E-state index in [2.05, 4.69) is 20.6 Å². The van der Waals surface area contributed by atoms with Gasteiger partial charge in [0.05, 0.1) is 5.52 Å². The maximum Gasteiger partial charge on any atom is 0.255 e. The van der Waals surface area contributed by atoms with Crippen LogP contribution in [-0.2, 0) is 6.42 Å². The summed E-state index contributed by atoms with van der Waals surface area (Å²) in [5.74, 6) is -0.172. The molecule has 2 N–H and O–H groups in total. The number of hydrogen-bond acceptors (Lipinski definition) is 5. The highest BCUT2D eigenvalue weighted by Gasteiger charge is 2.09. The number of ketones is 1. The van der Waals surface area contributed by atoms with E-state index in [0.29, 0.717) is 11.1 Å². The van der Waals surface area contributed by atoms with Gasteiger partial charge in [0.2, 0.25) is 0 Å². The molecule has 5 aromatic rings. The Hall–Kier alpha value is -4.84. The van der Waals surface area contributed by atoms with Gasteiger partial charge in [0.15, 0.2) is 5.78 Å². The SMILES string of the molecule is CC(=O)c1ccc2nccc(Nc3ccc(C(=O)Nc4ccc(Cc5ccncc5)cc4)cc3)c2c1. The van der Waals surface area contributed by atoms with Crippen molar-refractivity contribution in [2.24, 2.45) is 0 Å². The summed E-state index contributed by atoms with van der Waals surface area (Å²) in [7, 11) is 0. The summed E-state index contributed by atoms with van der Waals surface area (Å²) in [5.41, 5.74) is 6.75. The number of benzene rings is 3. The highest BCUT2D eigenvalue weighted by molar-refractivity contribution is 6.05. The molecule has 0 spiro atoms. The molecule has 2 heterocycles. The van der Waals surface area contributed by atoms with Crippen LogP contribution in [0, 0.1) is 0 Å². The number of nitrogens with one attached hydrogen (secondary N) is 2. The van der Waals surface area contributed by atoms with Gasteiger partial charge in [0, 0.05) is 52.2 Å². The fourth-order valence-corrected chi connectivity index (χ4v) is 3.98. The Labute approximate surface area is 209 Å². The van der Waals surface area contributed by atoms with Crippen molar-refractivity contribution in [3.63, 3.8) is 0 Å². The number of fused-ring (bicyclic) bond motifs is 1. The highest BCUT2D eigenvalue weighted by atomic mass is 16.1. The van der Waals surface area contributed by atoms with Crippen LogP contribution in [0.25, 0.3) is 10.9 Å². The second-order valence-electron chi connectivity index (χ2n) is 8.53. The van der Waals surface area contributed by atoms with E-state index < -0.39 is 0 Å². The molecule has 0 bridgehead atoms. The van der Waals surface area contributed by atoms with Gasteiger partial charge in [0.25, 0.3) is 5.91 Å². The van der Waals surface area contributed by atoms with Crippen LogP contribution in [0.2, 0.25) is 0 Å². The summed E-state index contributed by atoms with van der Waals surface area (Å²) in [6.07, 6.45) is 6.11. The third-order valence-electron chi connectivity index (χ3n) is 5.94. The van der Waals surface area contributed by atoms with Gasteiger partial charge in [0.1, 0.15) is 0 Å². The number of anilines is 3. The summed E-state index contributed by atoms with van der Waals surface area (Å²) in [6, 6.07) is 26.4. The minimum Gasteiger partial charge on any atom is -0.355 e. The van der Waals surface area contributed by atoms with E-state index in [4.69, 9.17) is 0 Å². The van der Waals surface area contributed by atoms with Crippen molar-refractivity contribution in [2.45, 2.75) is 13.3 Å². The standard InChI is InChI=1S/C30H24N4O2/c1-20(35)24-6-11-28-27(19-24)29(14-17-32-28)33-25-9-4-23(5-10-25)30(36)34-26-7-2-21(3-8-26)18-22-12-15-31-16-13-22/h2-17,19H,18H2,1H3,(H,32,33)(H,34,36). The average molecular weight is 473 g/mol. The van der Waals surface area contributed by atoms with Crippen LogP contribution >= 0.6 is 0 Å². The summed E-state index contributed by atoms with van der Waals surface area (Å²) < 4.78 is 0. The van der Waals surface area contributed by atoms with E-state index in [0.717, 1.165) is 39.9 Å². The first-order chi connectivity index (χ1) is 17.5. The molecule has 176 valence electrons. The van der Waals surface area contributed by atoms with Crippen molar-refractivity contribution >= 4 is 39.7 Å². The maximum absolute atomic E-state index is 12.8. The van der Waals surface area contributed by atoms with Crippen molar-refractivity contribution in [1.29, 1.82) is 0 Å². The van der Waals surface area contributed by atoms with E-state index >= 15 is 0 Å². The summed E-state index contributed by atoms with van der Waals surface area (Å²) in [6.45, 7) is 1.55. The van der Waals surface area contributed by atoms with E-state index in [1.807, 2.05) is 66.7 Å². The molecular formula is C30H24N4O2. The molecule has 6 heteroatoms. The molecule has 0 saturated heterocycles. The van der Waals surface area contributed by atoms with E-state index in [9.17, 15) is 9.59 Å². The van der Waals surface area contributed by atoms with Crippen molar-refractivity contribution in [3.8, 4) is 0 Å². The van der Waals surface area contributed by atoms with E-state index in [1.165, 1.54) is 5.56 Å². The Kier molecular flexibility index (Phi) is 6.49. The number of Topliss-reactive ketones (excluding diaryl/α,β-unsaturated/α-hetero) is 1. The molecule has 0 aliphatic heterocycles.